The van der Waals surface area contributed by atoms with Gasteiger partial charge in [-0.25, -0.2) is 0 Å². The number of rotatable bonds is 7. The molecule has 2 heterocycles. The summed E-state index contributed by atoms with van der Waals surface area (Å²) in [4.78, 5) is 4.96. The minimum atomic E-state index is 0.465. The topological polar surface area (TPSA) is 27.7 Å². The number of nitrogens with one attached hydrogen (secondary N) is 1. The van der Waals surface area contributed by atoms with Gasteiger partial charge in [-0.05, 0) is 71.6 Å². The van der Waals surface area contributed by atoms with Crippen molar-refractivity contribution in [3.8, 4) is 0 Å². The molecule has 4 nitrogen and oxygen atoms in total. The Bertz CT molecular complexity index is 313. The third-order valence-electron chi connectivity index (χ3n) is 5.33. The Kier molecular flexibility index (Phi) is 5.54. The van der Waals surface area contributed by atoms with Gasteiger partial charge < -0.3 is 19.9 Å². The molecule has 3 fully saturated rings. The van der Waals surface area contributed by atoms with E-state index >= 15 is 0 Å². The Labute approximate surface area is 130 Å². The number of piperidine rings is 1. The summed E-state index contributed by atoms with van der Waals surface area (Å²) in [6, 6.07) is 0.805. The van der Waals surface area contributed by atoms with E-state index in [2.05, 4.69) is 29.2 Å². The molecule has 0 aromatic carbocycles. The second-order valence-corrected chi connectivity index (χ2v) is 7.61. The number of hydrogen-bond acceptors (Lipinski definition) is 4. The molecule has 1 N–H and O–H groups in total. The van der Waals surface area contributed by atoms with Crippen LogP contribution in [-0.2, 0) is 4.74 Å². The van der Waals surface area contributed by atoms with E-state index in [1.807, 2.05) is 0 Å². The second-order valence-electron chi connectivity index (χ2n) is 7.61. The maximum atomic E-state index is 6.20. The van der Waals surface area contributed by atoms with Crippen molar-refractivity contribution in [3.63, 3.8) is 0 Å². The van der Waals surface area contributed by atoms with Crippen LogP contribution in [0, 0.1) is 5.92 Å². The van der Waals surface area contributed by atoms with E-state index in [0.717, 1.165) is 25.0 Å². The monoisotopic (exact) mass is 295 g/mol. The SMILES string of the molecule is CN1CCC(CN(C)CC2CCC(CNC3CC3)O2)CC1. The zero-order chi connectivity index (χ0) is 14.7. The third kappa shape index (κ3) is 5.20. The van der Waals surface area contributed by atoms with Crippen LogP contribution < -0.4 is 5.32 Å². The van der Waals surface area contributed by atoms with Gasteiger partial charge in [0.25, 0.3) is 0 Å². The Balaban J connectivity index is 1.30. The van der Waals surface area contributed by atoms with Crippen molar-refractivity contribution < 1.29 is 4.74 Å². The summed E-state index contributed by atoms with van der Waals surface area (Å²) in [5.74, 6) is 0.889. The van der Waals surface area contributed by atoms with Gasteiger partial charge in [-0.3, -0.25) is 0 Å². The minimum absolute atomic E-state index is 0.465. The van der Waals surface area contributed by atoms with E-state index < -0.39 is 0 Å². The third-order valence-corrected chi connectivity index (χ3v) is 5.33. The van der Waals surface area contributed by atoms with Crippen LogP contribution >= 0.6 is 0 Å². The van der Waals surface area contributed by atoms with Crippen LogP contribution in [-0.4, -0.2) is 74.9 Å². The average molecular weight is 295 g/mol. The molecular weight excluding hydrogens is 262 g/mol. The van der Waals surface area contributed by atoms with Crippen molar-refractivity contribution in [1.82, 2.24) is 15.1 Å². The molecule has 0 bridgehead atoms. The van der Waals surface area contributed by atoms with Gasteiger partial charge >= 0.3 is 0 Å². The molecule has 3 rings (SSSR count). The van der Waals surface area contributed by atoms with Crippen molar-refractivity contribution in [2.24, 2.45) is 5.92 Å². The van der Waals surface area contributed by atoms with Crippen molar-refractivity contribution in [3.05, 3.63) is 0 Å². The summed E-state index contributed by atoms with van der Waals surface area (Å²) in [6.45, 7) is 5.98. The highest BCUT2D eigenvalue weighted by molar-refractivity contribution is 4.84. The Hall–Kier alpha value is -0.160. The molecule has 0 amide bonds. The number of likely N-dealkylation sites (tertiary alicyclic amines) is 1. The summed E-state index contributed by atoms with van der Waals surface area (Å²) in [7, 11) is 4.51. The predicted octanol–water partition coefficient (Wildman–Crippen LogP) is 1.56. The quantitative estimate of drug-likeness (QED) is 0.771. The molecule has 2 aliphatic heterocycles. The molecule has 0 aromatic rings. The molecule has 4 heteroatoms. The first-order valence-corrected chi connectivity index (χ1v) is 8.95. The van der Waals surface area contributed by atoms with E-state index in [0.29, 0.717) is 12.2 Å². The number of hydrogen-bond donors (Lipinski definition) is 1. The van der Waals surface area contributed by atoms with Crippen LogP contribution in [0.5, 0.6) is 0 Å². The Morgan fingerprint density at radius 3 is 2.43 bits per heavy atom. The first kappa shape index (κ1) is 15.7. The lowest BCUT2D eigenvalue weighted by atomic mass is 9.96. The molecule has 0 radical (unpaired) electrons. The summed E-state index contributed by atoms with van der Waals surface area (Å²) >= 11 is 0. The van der Waals surface area contributed by atoms with Crippen molar-refractivity contribution >= 4 is 0 Å². The Morgan fingerprint density at radius 1 is 1.00 bits per heavy atom. The van der Waals surface area contributed by atoms with Crippen LogP contribution in [0.25, 0.3) is 0 Å². The Morgan fingerprint density at radius 2 is 1.71 bits per heavy atom. The zero-order valence-corrected chi connectivity index (χ0v) is 13.9. The van der Waals surface area contributed by atoms with Crippen LogP contribution in [0.15, 0.2) is 0 Å². The molecule has 0 spiro atoms. The summed E-state index contributed by atoms with van der Waals surface area (Å²) in [5.41, 5.74) is 0. The lowest BCUT2D eigenvalue weighted by Crippen LogP contribution is -2.38. The molecule has 1 saturated carbocycles. The number of likely N-dealkylation sites (N-methyl/N-ethyl adjacent to an activating group) is 1. The summed E-state index contributed by atoms with van der Waals surface area (Å²) in [6.07, 6.45) is 8.88. The molecule has 2 unspecified atom stereocenters. The molecule has 3 aliphatic rings. The van der Waals surface area contributed by atoms with Gasteiger partial charge in [0.05, 0.1) is 12.2 Å². The zero-order valence-electron chi connectivity index (χ0n) is 13.9. The molecule has 122 valence electrons. The van der Waals surface area contributed by atoms with Crippen molar-refractivity contribution in [2.75, 3.05) is 46.8 Å². The lowest BCUT2D eigenvalue weighted by Gasteiger charge is -2.32. The van der Waals surface area contributed by atoms with Crippen LogP contribution in [0.1, 0.15) is 38.5 Å². The molecule has 21 heavy (non-hydrogen) atoms. The fourth-order valence-electron chi connectivity index (χ4n) is 3.76. The highest BCUT2D eigenvalue weighted by Gasteiger charge is 2.29. The largest absolute Gasteiger partial charge is 0.372 e. The van der Waals surface area contributed by atoms with Gasteiger partial charge in [0.15, 0.2) is 0 Å². The lowest BCUT2D eigenvalue weighted by molar-refractivity contribution is 0.0237. The van der Waals surface area contributed by atoms with Gasteiger partial charge in [0.1, 0.15) is 0 Å². The van der Waals surface area contributed by atoms with Gasteiger partial charge in [-0.2, -0.15) is 0 Å². The molecule has 1 aliphatic carbocycles. The smallest absolute Gasteiger partial charge is 0.0707 e. The van der Waals surface area contributed by atoms with Gasteiger partial charge in [-0.15, -0.1) is 0 Å². The fourth-order valence-corrected chi connectivity index (χ4v) is 3.76. The highest BCUT2D eigenvalue weighted by atomic mass is 16.5. The van der Waals surface area contributed by atoms with E-state index in [1.165, 1.54) is 58.2 Å². The molecule has 2 atom stereocenters. The number of ether oxygens (including phenoxy) is 1. The molecule has 2 saturated heterocycles. The van der Waals surface area contributed by atoms with Crippen LogP contribution in [0.4, 0.5) is 0 Å². The normalized spacial score (nSPS) is 32.1. The fraction of sp³-hybridized carbons (Fsp3) is 1.00. The predicted molar refractivity (Wildman–Crippen MR) is 86.6 cm³/mol. The van der Waals surface area contributed by atoms with E-state index in [4.69, 9.17) is 4.74 Å². The van der Waals surface area contributed by atoms with Crippen LogP contribution in [0.2, 0.25) is 0 Å². The molecular formula is C17H33N3O. The molecule has 0 aromatic heterocycles. The second kappa shape index (κ2) is 7.40. The summed E-state index contributed by atoms with van der Waals surface area (Å²) < 4.78 is 6.20. The van der Waals surface area contributed by atoms with E-state index in [1.54, 1.807) is 0 Å². The first-order chi connectivity index (χ1) is 10.2. The van der Waals surface area contributed by atoms with Gasteiger partial charge in [0.2, 0.25) is 0 Å². The van der Waals surface area contributed by atoms with Crippen molar-refractivity contribution in [2.45, 2.75) is 56.8 Å². The van der Waals surface area contributed by atoms with Gasteiger partial charge in [-0.1, -0.05) is 0 Å². The standard InChI is InChI=1S/C17H33N3O/c1-19-9-7-14(8-10-19)12-20(2)13-17-6-5-16(21-17)11-18-15-3-4-15/h14-18H,3-13H2,1-2H3. The maximum Gasteiger partial charge on any atom is 0.0707 e. The van der Waals surface area contributed by atoms with Crippen LogP contribution in [0.3, 0.4) is 0 Å². The minimum Gasteiger partial charge on any atom is -0.372 e. The van der Waals surface area contributed by atoms with Crippen molar-refractivity contribution in [1.29, 1.82) is 0 Å². The average Bonchev–Trinajstić information content (AvgIpc) is 3.19. The number of nitrogens with zero attached hydrogens (tertiary/aromatic N) is 2. The highest BCUT2D eigenvalue weighted by Crippen LogP contribution is 2.23. The van der Waals surface area contributed by atoms with E-state index in [9.17, 15) is 0 Å². The van der Waals surface area contributed by atoms with E-state index in [-0.39, 0.29) is 0 Å². The summed E-state index contributed by atoms with van der Waals surface area (Å²) in [5, 5.41) is 3.60. The maximum absolute atomic E-state index is 6.20. The van der Waals surface area contributed by atoms with Gasteiger partial charge in [0, 0.05) is 25.7 Å². The first-order valence-electron chi connectivity index (χ1n) is 8.95.